The van der Waals surface area contributed by atoms with Crippen LogP contribution in [0.2, 0.25) is 0 Å². The second-order valence-corrected chi connectivity index (χ2v) is 5.19. The molecule has 1 aromatic heterocycles. The van der Waals surface area contributed by atoms with Gasteiger partial charge in [0.15, 0.2) is 0 Å². The Morgan fingerprint density at radius 3 is 2.61 bits per heavy atom. The van der Waals surface area contributed by atoms with E-state index >= 15 is 0 Å². The van der Waals surface area contributed by atoms with Crippen molar-refractivity contribution in [2.45, 2.75) is 32.8 Å². The van der Waals surface area contributed by atoms with Crippen molar-refractivity contribution < 1.29 is 15.0 Å². The molecule has 0 aromatic carbocycles. The molecule has 1 atom stereocenters. The van der Waals surface area contributed by atoms with Gasteiger partial charge in [0.25, 0.3) is 0 Å². The summed E-state index contributed by atoms with van der Waals surface area (Å²) in [5.74, 6) is -0.636. The highest BCUT2D eigenvalue weighted by atomic mass is 16.4. The number of aliphatic hydroxyl groups is 1. The van der Waals surface area contributed by atoms with Crippen molar-refractivity contribution in [1.82, 2.24) is 4.98 Å². The fraction of sp³-hybridized carbons (Fsp3) is 0.538. The van der Waals surface area contributed by atoms with E-state index in [0.29, 0.717) is 24.6 Å². The molecule has 1 rings (SSSR count). The topological polar surface area (TPSA) is 82.5 Å². The molecule has 0 bridgehead atoms. The smallest absolute Gasteiger partial charge is 0.354 e. The summed E-state index contributed by atoms with van der Waals surface area (Å²) in [7, 11) is 0. The van der Waals surface area contributed by atoms with Gasteiger partial charge in [-0.3, -0.25) is 0 Å². The Labute approximate surface area is 107 Å². The van der Waals surface area contributed by atoms with E-state index in [2.05, 4.69) is 24.1 Å². The first-order chi connectivity index (χ1) is 8.30. The van der Waals surface area contributed by atoms with Gasteiger partial charge >= 0.3 is 5.97 Å². The number of hydrogen-bond acceptors (Lipinski definition) is 4. The Hall–Kier alpha value is -1.62. The van der Waals surface area contributed by atoms with Crippen molar-refractivity contribution in [3.63, 3.8) is 0 Å². The highest BCUT2D eigenvalue weighted by Crippen LogP contribution is 2.17. The van der Waals surface area contributed by atoms with E-state index in [4.69, 9.17) is 5.11 Å². The molecule has 1 heterocycles. The first kappa shape index (κ1) is 14.4. The molecular formula is C13H20N2O3. The van der Waals surface area contributed by atoms with Gasteiger partial charge in [-0.15, -0.1) is 0 Å². The lowest BCUT2D eigenvalue weighted by atomic mass is 9.94. The summed E-state index contributed by atoms with van der Waals surface area (Å²) in [5, 5.41) is 21.9. The van der Waals surface area contributed by atoms with Crippen LogP contribution in [-0.2, 0) is 0 Å². The van der Waals surface area contributed by atoms with Gasteiger partial charge in [-0.05, 0) is 31.4 Å². The second kappa shape index (κ2) is 5.82. The van der Waals surface area contributed by atoms with E-state index in [1.807, 2.05) is 0 Å². The monoisotopic (exact) mass is 252 g/mol. The molecule has 0 saturated carbocycles. The van der Waals surface area contributed by atoms with Crippen LogP contribution in [0, 0.1) is 5.92 Å². The third-order valence-corrected chi connectivity index (χ3v) is 2.50. The predicted octanol–water partition coefficient (Wildman–Crippen LogP) is 1.99. The molecule has 0 aliphatic heterocycles. The van der Waals surface area contributed by atoms with Crippen molar-refractivity contribution in [1.29, 1.82) is 0 Å². The third kappa shape index (κ3) is 4.71. The largest absolute Gasteiger partial charge is 0.477 e. The van der Waals surface area contributed by atoms with Crippen molar-refractivity contribution in [3.8, 4) is 0 Å². The van der Waals surface area contributed by atoms with Crippen LogP contribution in [0.1, 0.15) is 37.7 Å². The van der Waals surface area contributed by atoms with E-state index in [-0.39, 0.29) is 5.69 Å². The summed E-state index contributed by atoms with van der Waals surface area (Å²) in [4.78, 5) is 14.4. The van der Waals surface area contributed by atoms with Crippen molar-refractivity contribution in [2.75, 3.05) is 11.9 Å². The molecular weight excluding hydrogens is 232 g/mol. The molecule has 100 valence electrons. The molecule has 3 N–H and O–H groups in total. The van der Waals surface area contributed by atoms with Crippen molar-refractivity contribution in [3.05, 3.63) is 24.0 Å². The Morgan fingerprint density at radius 2 is 2.17 bits per heavy atom. The van der Waals surface area contributed by atoms with Crippen LogP contribution in [0.4, 0.5) is 5.69 Å². The highest BCUT2D eigenvalue weighted by Gasteiger charge is 2.21. The lowest BCUT2D eigenvalue weighted by Gasteiger charge is -2.26. The van der Waals surface area contributed by atoms with E-state index < -0.39 is 11.6 Å². The molecule has 0 spiro atoms. The van der Waals surface area contributed by atoms with E-state index in [0.717, 1.165) is 0 Å². The van der Waals surface area contributed by atoms with Gasteiger partial charge in [-0.2, -0.15) is 0 Å². The van der Waals surface area contributed by atoms with Crippen LogP contribution in [0.15, 0.2) is 18.3 Å². The molecule has 1 unspecified atom stereocenters. The molecule has 0 aliphatic carbocycles. The number of hydrogen-bond donors (Lipinski definition) is 3. The second-order valence-electron chi connectivity index (χ2n) is 5.19. The average molecular weight is 252 g/mol. The third-order valence-electron chi connectivity index (χ3n) is 2.50. The Kier molecular flexibility index (Phi) is 4.67. The average Bonchev–Trinajstić information content (AvgIpc) is 2.25. The molecule has 1 aromatic rings. The van der Waals surface area contributed by atoms with Gasteiger partial charge in [0.2, 0.25) is 0 Å². The summed E-state index contributed by atoms with van der Waals surface area (Å²) >= 11 is 0. The molecule has 0 amide bonds. The lowest BCUT2D eigenvalue weighted by molar-refractivity contribution is 0.0515. The zero-order chi connectivity index (χ0) is 13.8. The summed E-state index contributed by atoms with van der Waals surface area (Å²) in [5.41, 5.74) is -0.0851. The Balaban J connectivity index is 2.55. The number of nitrogens with zero attached hydrogens (tertiary/aromatic N) is 1. The van der Waals surface area contributed by atoms with E-state index in [1.54, 1.807) is 13.0 Å². The maximum atomic E-state index is 10.6. The molecule has 0 fully saturated rings. The van der Waals surface area contributed by atoms with Crippen molar-refractivity contribution in [2.24, 2.45) is 5.92 Å². The van der Waals surface area contributed by atoms with Gasteiger partial charge in [-0.1, -0.05) is 13.8 Å². The molecule has 18 heavy (non-hydrogen) atoms. The molecule has 5 heteroatoms. The summed E-state index contributed by atoms with van der Waals surface area (Å²) in [6.45, 7) is 6.29. The predicted molar refractivity (Wildman–Crippen MR) is 69.8 cm³/mol. The Morgan fingerprint density at radius 1 is 1.50 bits per heavy atom. The minimum absolute atomic E-state index is 0.00879. The minimum atomic E-state index is -1.05. The number of aromatic nitrogens is 1. The van der Waals surface area contributed by atoms with Gasteiger partial charge in [-0.25, -0.2) is 9.78 Å². The number of carbonyl (C=O) groups is 1. The van der Waals surface area contributed by atoms with Gasteiger partial charge in [0, 0.05) is 6.54 Å². The normalized spacial score (nSPS) is 14.3. The number of carboxylic acid groups (broad SMARTS) is 1. The maximum absolute atomic E-state index is 10.6. The number of carboxylic acids is 1. The SMILES string of the molecule is CC(C)CC(C)(O)CNc1ccc(C(=O)O)nc1. The molecule has 5 nitrogen and oxygen atoms in total. The fourth-order valence-corrected chi connectivity index (χ4v) is 1.87. The summed E-state index contributed by atoms with van der Waals surface area (Å²) < 4.78 is 0. The molecule has 0 radical (unpaired) electrons. The zero-order valence-electron chi connectivity index (χ0n) is 11.0. The number of rotatable bonds is 6. The van der Waals surface area contributed by atoms with Crippen LogP contribution in [0.3, 0.4) is 0 Å². The fourth-order valence-electron chi connectivity index (χ4n) is 1.87. The molecule has 0 saturated heterocycles. The van der Waals surface area contributed by atoms with E-state index in [9.17, 15) is 9.90 Å². The van der Waals surface area contributed by atoms with E-state index in [1.165, 1.54) is 12.3 Å². The number of nitrogens with one attached hydrogen (secondary N) is 1. The quantitative estimate of drug-likeness (QED) is 0.721. The highest BCUT2D eigenvalue weighted by molar-refractivity contribution is 5.85. The maximum Gasteiger partial charge on any atom is 0.354 e. The standard InChI is InChI=1S/C13H20N2O3/c1-9(2)6-13(3,18)8-15-10-4-5-11(12(16)17)14-7-10/h4-5,7,9,15,18H,6,8H2,1-3H3,(H,16,17). The van der Waals surface area contributed by atoms with Crippen LogP contribution < -0.4 is 5.32 Å². The van der Waals surface area contributed by atoms with Crippen LogP contribution in [0.25, 0.3) is 0 Å². The van der Waals surface area contributed by atoms with Gasteiger partial charge in [0.05, 0.1) is 17.5 Å². The van der Waals surface area contributed by atoms with Gasteiger partial charge < -0.3 is 15.5 Å². The number of anilines is 1. The minimum Gasteiger partial charge on any atom is -0.477 e. The summed E-state index contributed by atoms with van der Waals surface area (Å²) in [6, 6.07) is 3.07. The van der Waals surface area contributed by atoms with Gasteiger partial charge in [0.1, 0.15) is 5.69 Å². The van der Waals surface area contributed by atoms with Crippen LogP contribution >= 0.6 is 0 Å². The zero-order valence-corrected chi connectivity index (χ0v) is 11.0. The first-order valence-corrected chi connectivity index (χ1v) is 5.96. The van der Waals surface area contributed by atoms with Crippen molar-refractivity contribution >= 4 is 11.7 Å². The number of pyridine rings is 1. The van der Waals surface area contributed by atoms with Crippen LogP contribution in [-0.4, -0.2) is 33.3 Å². The summed E-state index contributed by atoms with van der Waals surface area (Å²) in [6.07, 6.45) is 2.15. The Bertz CT molecular complexity index is 399. The lowest BCUT2D eigenvalue weighted by Crippen LogP contribution is -2.34. The molecule has 0 aliphatic rings. The first-order valence-electron chi connectivity index (χ1n) is 5.96. The number of aromatic carboxylic acids is 1. The van der Waals surface area contributed by atoms with Crippen LogP contribution in [0.5, 0.6) is 0 Å².